The first-order valence-corrected chi connectivity index (χ1v) is 18.9. The minimum absolute atomic E-state index is 0.628. The molecule has 0 aliphatic rings. The lowest BCUT2D eigenvalue weighted by atomic mass is 10.0. The fraction of sp³-hybridized carbons (Fsp3) is 0. The molecule has 0 radical (unpaired) electrons. The molecule has 0 bridgehead atoms. The number of hydrogen-bond donors (Lipinski definition) is 0. The maximum Gasteiger partial charge on any atom is 0.164 e. The van der Waals surface area contributed by atoms with Crippen LogP contribution in [0.1, 0.15) is 0 Å². The number of benzene rings is 8. The third-order valence-corrected chi connectivity index (χ3v) is 10.8. The Morgan fingerprint density at radius 1 is 0.250 bits per heavy atom. The van der Waals surface area contributed by atoms with Crippen molar-refractivity contribution >= 4 is 43.6 Å². The molecule has 11 rings (SSSR count). The van der Waals surface area contributed by atoms with Gasteiger partial charge in [-0.1, -0.05) is 152 Å². The maximum absolute atomic E-state index is 5.03. The summed E-state index contributed by atoms with van der Waals surface area (Å²) < 4.78 is 4.74. The molecule has 5 nitrogen and oxygen atoms in total. The van der Waals surface area contributed by atoms with Gasteiger partial charge in [0.25, 0.3) is 0 Å². The SMILES string of the molecule is c1ccc(-c2nc(-c3ccccc3)nc(-c3cccc(-n4c5ccccc5c5ccc(-c6cccc(-n7c8ccccc8c8ccccc87)c6)cc54)c3)n2)cc1. The molecule has 0 spiro atoms. The van der Waals surface area contributed by atoms with Crippen LogP contribution < -0.4 is 0 Å². The van der Waals surface area contributed by atoms with Gasteiger partial charge in [-0.25, -0.2) is 15.0 Å². The second-order valence-electron chi connectivity index (χ2n) is 14.1. The molecule has 0 N–H and O–H groups in total. The quantitative estimate of drug-likeness (QED) is 0.172. The Kier molecular flexibility index (Phi) is 7.42. The van der Waals surface area contributed by atoms with Gasteiger partial charge in [0.2, 0.25) is 0 Å². The fourth-order valence-corrected chi connectivity index (χ4v) is 8.18. The van der Waals surface area contributed by atoms with Gasteiger partial charge < -0.3 is 9.13 Å². The third-order valence-electron chi connectivity index (χ3n) is 10.8. The zero-order valence-corrected chi connectivity index (χ0v) is 30.3. The molecule has 0 unspecified atom stereocenters. The highest BCUT2D eigenvalue weighted by molar-refractivity contribution is 6.11. The number of nitrogens with zero attached hydrogens (tertiary/aromatic N) is 5. The van der Waals surface area contributed by atoms with Crippen molar-refractivity contribution in [1.29, 1.82) is 0 Å². The van der Waals surface area contributed by atoms with Gasteiger partial charge in [0.1, 0.15) is 0 Å². The molecule has 5 heteroatoms. The molecule has 0 aliphatic heterocycles. The second-order valence-corrected chi connectivity index (χ2v) is 14.1. The van der Waals surface area contributed by atoms with Crippen molar-refractivity contribution in [3.05, 3.63) is 200 Å². The van der Waals surface area contributed by atoms with Crippen LogP contribution in [0.5, 0.6) is 0 Å². The first kappa shape index (κ1) is 31.9. The topological polar surface area (TPSA) is 48.5 Å². The van der Waals surface area contributed by atoms with Crippen molar-refractivity contribution in [2.45, 2.75) is 0 Å². The molecule has 56 heavy (non-hydrogen) atoms. The highest BCUT2D eigenvalue weighted by Gasteiger charge is 2.17. The molecule has 11 aromatic rings. The summed E-state index contributed by atoms with van der Waals surface area (Å²) in [6, 6.07) is 70.5. The standard InChI is InChI=1S/C51H33N5/c1-3-15-34(16-4-1)49-52-50(35-17-5-2-6-18-35)54-51(53-49)38-20-14-22-40(32-38)56-47-28-12-9-25-43(47)44-30-29-37(33-48(44)56)36-19-13-21-39(31-36)55-45-26-10-7-23-41(45)42-24-8-11-27-46(42)55/h1-33H. The van der Waals surface area contributed by atoms with Gasteiger partial charge >= 0.3 is 0 Å². The molecular formula is C51H33N5. The van der Waals surface area contributed by atoms with E-state index >= 15 is 0 Å². The molecule has 0 aliphatic carbocycles. The van der Waals surface area contributed by atoms with Crippen LogP contribution in [0.3, 0.4) is 0 Å². The minimum atomic E-state index is 0.628. The average Bonchev–Trinajstić information content (AvgIpc) is 3.80. The van der Waals surface area contributed by atoms with Crippen molar-refractivity contribution < 1.29 is 0 Å². The van der Waals surface area contributed by atoms with E-state index in [9.17, 15) is 0 Å². The van der Waals surface area contributed by atoms with Crippen LogP contribution in [0.2, 0.25) is 0 Å². The van der Waals surface area contributed by atoms with Crippen LogP contribution in [0.15, 0.2) is 200 Å². The van der Waals surface area contributed by atoms with Crippen molar-refractivity contribution in [2.24, 2.45) is 0 Å². The number of fused-ring (bicyclic) bond motifs is 6. The van der Waals surface area contributed by atoms with Gasteiger partial charge in [-0.15, -0.1) is 0 Å². The summed E-state index contributed by atoms with van der Waals surface area (Å²) in [4.78, 5) is 15.0. The van der Waals surface area contributed by atoms with E-state index in [1.165, 1.54) is 32.6 Å². The Morgan fingerprint density at radius 3 is 1.16 bits per heavy atom. The lowest BCUT2D eigenvalue weighted by molar-refractivity contribution is 1.07. The first-order valence-electron chi connectivity index (χ1n) is 18.9. The molecule has 0 fully saturated rings. The predicted octanol–water partition coefficient (Wildman–Crippen LogP) is 12.7. The van der Waals surface area contributed by atoms with E-state index in [4.69, 9.17) is 15.0 Å². The highest BCUT2D eigenvalue weighted by atomic mass is 15.0. The number of para-hydroxylation sites is 3. The van der Waals surface area contributed by atoms with Gasteiger partial charge in [-0.3, -0.25) is 0 Å². The monoisotopic (exact) mass is 715 g/mol. The Bertz CT molecular complexity index is 3140. The Labute approximate surface area is 323 Å². The van der Waals surface area contributed by atoms with E-state index in [0.717, 1.165) is 50.2 Å². The Balaban J connectivity index is 1.07. The smallest absolute Gasteiger partial charge is 0.164 e. The van der Waals surface area contributed by atoms with Gasteiger partial charge in [0, 0.05) is 49.6 Å². The van der Waals surface area contributed by atoms with E-state index in [1.807, 2.05) is 60.7 Å². The Morgan fingerprint density at radius 2 is 0.625 bits per heavy atom. The predicted molar refractivity (Wildman–Crippen MR) is 230 cm³/mol. The normalized spacial score (nSPS) is 11.6. The van der Waals surface area contributed by atoms with Crippen molar-refractivity contribution in [3.8, 4) is 56.7 Å². The molecule has 0 saturated carbocycles. The lowest BCUT2D eigenvalue weighted by Crippen LogP contribution is -2.01. The average molecular weight is 716 g/mol. The molecule has 0 amide bonds. The zero-order valence-electron chi connectivity index (χ0n) is 30.3. The minimum Gasteiger partial charge on any atom is -0.309 e. The summed E-state index contributed by atoms with van der Waals surface area (Å²) in [5.74, 6) is 1.91. The van der Waals surface area contributed by atoms with Gasteiger partial charge in [0.05, 0.1) is 22.1 Å². The molecule has 262 valence electrons. The van der Waals surface area contributed by atoms with Crippen molar-refractivity contribution in [1.82, 2.24) is 24.1 Å². The molecular weight excluding hydrogens is 683 g/mol. The zero-order chi connectivity index (χ0) is 37.0. The molecule has 0 saturated heterocycles. The van der Waals surface area contributed by atoms with Crippen LogP contribution in [-0.2, 0) is 0 Å². The van der Waals surface area contributed by atoms with Gasteiger partial charge in [0.15, 0.2) is 17.5 Å². The summed E-state index contributed by atoms with van der Waals surface area (Å²) in [7, 11) is 0. The van der Waals surface area contributed by atoms with Gasteiger partial charge in [-0.05, 0) is 59.7 Å². The van der Waals surface area contributed by atoms with Crippen LogP contribution >= 0.6 is 0 Å². The molecule has 3 aromatic heterocycles. The summed E-state index contributed by atoms with van der Waals surface area (Å²) in [6.07, 6.45) is 0. The van der Waals surface area contributed by atoms with E-state index in [2.05, 4.69) is 149 Å². The summed E-state index contributed by atoms with van der Waals surface area (Å²) in [6.45, 7) is 0. The van der Waals surface area contributed by atoms with Gasteiger partial charge in [-0.2, -0.15) is 0 Å². The highest BCUT2D eigenvalue weighted by Crippen LogP contribution is 2.37. The van der Waals surface area contributed by atoms with Crippen molar-refractivity contribution in [3.63, 3.8) is 0 Å². The largest absolute Gasteiger partial charge is 0.309 e. The summed E-state index contributed by atoms with van der Waals surface area (Å²) in [5, 5.41) is 4.92. The summed E-state index contributed by atoms with van der Waals surface area (Å²) in [5.41, 5.74) is 12.0. The fourth-order valence-electron chi connectivity index (χ4n) is 8.18. The number of hydrogen-bond acceptors (Lipinski definition) is 3. The van der Waals surface area contributed by atoms with E-state index in [1.54, 1.807) is 0 Å². The van der Waals surface area contributed by atoms with E-state index in [-0.39, 0.29) is 0 Å². The number of rotatable bonds is 6. The first-order chi connectivity index (χ1) is 27.8. The van der Waals surface area contributed by atoms with Crippen LogP contribution in [0.25, 0.3) is 100 Å². The maximum atomic E-state index is 5.03. The van der Waals surface area contributed by atoms with Crippen molar-refractivity contribution in [2.75, 3.05) is 0 Å². The number of aromatic nitrogens is 5. The molecule has 3 heterocycles. The lowest BCUT2D eigenvalue weighted by Gasteiger charge is -2.13. The Hall–Kier alpha value is -7.63. The van der Waals surface area contributed by atoms with Crippen LogP contribution in [0.4, 0.5) is 0 Å². The van der Waals surface area contributed by atoms with Crippen LogP contribution in [-0.4, -0.2) is 24.1 Å². The molecule has 8 aromatic carbocycles. The van der Waals surface area contributed by atoms with E-state index in [0.29, 0.717) is 17.5 Å². The summed E-state index contributed by atoms with van der Waals surface area (Å²) >= 11 is 0. The van der Waals surface area contributed by atoms with Crippen LogP contribution in [0, 0.1) is 0 Å². The van der Waals surface area contributed by atoms with E-state index < -0.39 is 0 Å². The molecule has 0 atom stereocenters. The third kappa shape index (κ3) is 5.29. The second kappa shape index (κ2) is 13.0.